The molecule has 1 unspecified atom stereocenters. The Kier molecular flexibility index (Phi) is 5.30. The van der Waals surface area contributed by atoms with E-state index in [0.717, 1.165) is 12.1 Å². The first-order valence-electron chi connectivity index (χ1n) is 6.56. The molecule has 0 aromatic heterocycles. The Balaban J connectivity index is 2.15. The van der Waals surface area contributed by atoms with Crippen LogP contribution < -0.4 is 10.1 Å². The van der Waals surface area contributed by atoms with Crippen LogP contribution in [0.4, 0.5) is 0 Å². The van der Waals surface area contributed by atoms with Gasteiger partial charge in [0.05, 0.1) is 5.02 Å². The van der Waals surface area contributed by atoms with Crippen molar-refractivity contribution in [2.24, 2.45) is 0 Å². The van der Waals surface area contributed by atoms with Crippen molar-refractivity contribution in [3.63, 3.8) is 0 Å². The van der Waals surface area contributed by atoms with Crippen molar-refractivity contribution < 1.29 is 4.74 Å². The Hall–Kier alpha value is -1.22. The third kappa shape index (κ3) is 3.89. The van der Waals surface area contributed by atoms with Gasteiger partial charge in [0.1, 0.15) is 11.5 Å². The fourth-order valence-corrected chi connectivity index (χ4v) is 2.28. The molecule has 0 saturated heterocycles. The van der Waals surface area contributed by atoms with Crippen LogP contribution in [0.3, 0.4) is 0 Å². The maximum atomic E-state index is 6.28. The van der Waals surface area contributed by atoms with E-state index in [4.69, 9.17) is 27.9 Å². The first-order valence-corrected chi connectivity index (χ1v) is 7.32. The van der Waals surface area contributed by atoms with Crippen LogP contribution in [0.2, 0.25) is 10.0 Å². The molecular formula is C16H17Cl2NO. The van der Waals surface area contributed by atoms with Gasteiger partial charge in [-0.15, -0.1) is 0 Å². The Bertz CT molecular complexity index is 569. The molecule has 0 aliphatic carbocycles. The Morgan fingerprint density at radius 2 is 1.80 bits per heavy atom. The lowest BCUT2D eigenvalue weighted by atomic mass is 10.1. The van der Waals surface area contributed by atoms with Crippen molar-refractivity contribution in [3.05, 3.63) is 58.1 Å². The van der Waals surface area contributed by atoms with Crippen LogP contribution in [0.1, 0.15) is 25.5 Å². The minimum atomic E-state index is 0.266. The summed E-state index contributed by atoms with van der Waals surface area (Å²) in [5, 5.41) is 4.63. The molecule has 20 heavy (non-hydrogen) atoms. The molecule has 0 radical (unpaired) electrons. The predicted octanol–water partition coefficient (Wildman–Crippen LogP) is 5.46. The zero-order valence-corrected chi connectivity index (χ0v) is 13.0. The van der Waals surface area contributed by atoms with Gasteiger partial charge in [-0.25, -0.2) is 0 Å². The largest absolute Gasteiger partial charge is 0.456 e. The van der Waals surface area contributed by atoms with E-state index in [2.05, 4.69) is 19.2 Å². The number of rotatable bonds is 5. The molecule has 0 amide bonds. The lowest BCUT2D eigenvalue weighted by Gasteiger charge is -2.14. The van der Waals surface area contributed by atoms with Crippen molar-refractivity contribution in [1.29, 1.82) is 0 Å². The second kappa shape index (κ2) is 6.98. The monoisotopic (exact) mass is 309 g/mol. The van der Waals surface area contributed by atoms with E-state index in [1.54, 1.807) is 12.1 Å². The number of nitrogens with one attached hydrogen (secondary N) is 1. The molecule has 2 aromatic carbocycles. The van der Waals surface area contributed by atoms with E-state index >= 15 is 0 Å². The van der Waals surface area contributed by atoms with E-state index in [1.807, 2.05) is 30.3 Å². The molecule has 0 bridgehead atoms. The van der Waals surface area contributed by atoms with Crippen molar-refractivity contribution in [1.82, 2.24) is 5.32 Å². The maximum absolute atomic E-state index is 6.28. The van der Waals surface area contributed by atoms with Gasteiger partial charge in [0.2, 0.25) is 0 Å². The molecule has 2 nitrogen and oxygen atoms in total. The lowest BCUT2D eigenvalue weighted by molar-refractivity contribution is 0.482. The minimum absolute atomic E-state index is 0.266. The summed E-state index contributed by atoms with van der Waals surface area (Å²) in [6, 6.07) is 13.3. The van der Waals surface area contributed by atoms with E-state index in [9.17, 15) is 0 Å². The van der Waals surface area contributed by atoms with Crippen LogP contribution in [-0.2, 0) is 0 Å². The molecule has 4 heteroatoms. The predicted molar refractivity (Wildman–Crippen MR) is 85.1 cm³/mol. The highest BCUT2D eigenvalue weighted by Gasteiger charge is 2.08. The number of ether oxygens (including phenoxy) is 1. The summed E-state index contributed by atoms with van der Waals surface area (Å²) >= 11 is 12.1. The van der Waals surface area contributed by atoms with Crippen LogP contribution in [0.5, 0.6) is 11.5 Å². The van der Waals surface area contributed by atoms with Gasteiger partial charge >= 0.3 is 0 Å². The van der Waals surface area contributed by atoms with Gasteiger partial charge in [-0.05, 0) is 55.4 Å². The summed E-state index contributed by atoms with van der Waals surface area (Å²) in [6.45, 7) is 5.10. The normalized spacial score (nSPS) is 12.2. The van der Waals surface area contributed by atoms with Gasteiger partial charge in [0.15, 0.2) is 0 Å². The van der Waals surface area contributed by atoms with Crippen molar-refractivity contribution in [2.75, 3.05) is 6.54 Å². The topological polar surface area (TPSA) is 21.3 Å². The zero-order valence-electron chi connectivity index (χ0n) is 11.5. The molecule has 106 valence electrons. The summed E-state index contributed by atoms with van der Waals surface area (Å²) in [6.07, 6.45) is 0. The first kappa shape index (κ1) is 15.2. The Labute approximate surface area is 129 Å². The fourth-order valence-electron chi connectivity index (χ4n) is 1.92. The summed E-state index contributed by atoms with van der Waals surface area (Å²) in [7, 11) is 0. The molecule has 0 fully saturated rings. The van der Waals surface area contributed by atoms with E-state index in [1.165, 1.54) is 0 Å². The average Bonchev–Trinajstić information content (AvgIpc) is 2.43. The van der Waals surface area contributed by atoms with E-state index < -0.39 is 0 Å². The van der Waals surface area contributed by atoms with Crippen molar-refractivity contribution >= 4 is 23.2 Å². The van der Waals surface area contributed by atoms with Gasteiger partial charge in [0.25, 0.3) is 0 Å². The average molecular weight is 310 g/mol. The van der Waals surface area contributed by atoms with Crippen molar-refractivity contribution in [2.45, 2.75) is 19.9 Å². The van der Waals surface area contributed by atoms with Gasteiger partial charge in [-0.1, -0.05) is 36.2 Å². The third-order valence-corrected chi connectivity index (χ3v) is 3.56. The van der Waals surface area contributed by atoms with Crippen LogP contribution in [0.25, 0.3) is 0 Å². The quantitative estimate of drug-likeness (QED) is 0.792. The molecule has 0 heterocycles. The van der Waals surface area contributed by atoms with Crippen LogP contribution in [-0.4, -0.2) is 6.54 Å². The molecule has 1 N–H and O–H groups in total. The zero-order chi connectivity index (χ0) is 14.5. The van der Waals surface area contributed by atoms with Crippen LogP contribution in [0, 0.1) is 0 Å². The highest BCUT2D eigenvalue weighted by Crippen LogP contribution is 2.32. The molecular weight excluding hydrogens is 293 g/mol. The summed E-state index contributed by atoms with van der Waals surface area (Å²) in [5.74, 6) is 1.35. The fraction of sp³-hybridized carbons (Fsp3) is 0.250. The standard InChI is InChI=1S/C16H17Cl2NO/c1-3-19-11(2)12-4-9-16(15(18)10-12)20-14-7-5-13(17)6-8-14/h4-11,19H,3H2,1-2H3. The molecule has 1 atom stereocenters. The first-order chi connectivity index (χ1) is 9.60. The number of halogens is 2. The molecule has 0 saturated carbocycles. The van der Waals surface area contributed by atoms with Crippen molar-refractivity contribution in [3.8, 4) is 11.5 Å². The van der Waals surface area contributed by atoms with Gasteiger partial charge < -0.3 is 10.1 Å². The van der Waals surface area contributed by atoms with Crippen LogP contribution >= 0.6 is 23.2 Å². The number of hydrogen-bond donors (Lipinski definition) is 1. The molecule has 0 spiro atoms. The van der Waals surface area contributed by atoms with E-state index in [-0.39, 0.29) is 6.04 Å². The van der Waals surface area contributed by atoms with E-state index in [0.29, 0.717) is 21.5 Å². The summed E-state index contributed by atoms with van der Waals surface area (Å²) in [5.41, 5.74) is 1.14. The van der Waals surface area contributed by atoms with Gasteiger partial charge in [0, 0.05) is 11.1 Å². The van der Waals surface area contributed by atoms with Gasteiger partial charge in [-0.2, -0.15) is 0 Å². The third-order valence-electron chi connectivity index (χ3n) is 3.01. The summed E-state index contributed by atoms with van der Waals surface area (Å²) in [4.78, 5) is 0. The van der Waals surface area contributed by atoms with Crippen LogP contribution in [0.15, 0.2) is 42.5 Å². The SMILES string of the molecule is CCNC(C)c1ccc(Oc2ccc(Cl)cc2)c(Cl)c1. The number of hydrogen-bond acceptors (Lipinski definition) is 2. The minimum Gasteiger partial charge on any atom is -0.456 e. The molecule has 2 aromatic rings. The smallest absolute Gasteiger partial charge is 0.146 e. The molecule has 0 aliphatic heterocycles. The Morgan fingerprint density at radius 3 is 2.40 bits per heavy atom. The lowest BCUT2D eigenvalue weighted by Crippen LogP contribution is -2.17. The number of benzene rings is 2. The highest BCUT2D eigenvalue weighted by atomic mass is 35.5. The second-order valence-corrected chi connectivity index (χ2v) is 5.37. The Morgan fingerprint density at radius 1 is 1.10 bits per heavy atom. The highest BCUT2D eigenvalue weighted by molar-refractivity contribution is 6.32. The van der Waals surface area contributed by atoms with Gasteiger partial charge in [-0.3, -0.25) is 0 Å². The molecule has 0 aliphatic rings. The second-order valence-electron chi connectivity index (χ2n) is 4.53. The summed E-state index contributed by atoms with van der Waals surface area (Å²) < 4.78 is 5.75. The molecule has 2 rings (SSSR count). The maximum Gasteiger partial charge on any atom is 0.146 e.